The van der Waals surface area contributed by atoms with E-state index < -0.39 is 40.6 Å². The number of methoxy groups -OCH3 is 1. The first-order valence-electron chi connectivity index (χ1n) is 9.46. The van der Waals surface area contributed by atoms with Gasteiger partial charge < -0.3 is 20.5 Å². The van der Waals surface area contributed by atoms with Gasteiger partial charge in [-0.3, -0.25) is 19.7 Å². The molecule has 2 aromatic rings. The van der Waals surface area contributed by atoms with Gasteiger partial charge in [0.2, 0.25) is 11.8 Å². The van der Waals surface area contributed by atoms with E-state index in [1.54, 1.807) is 0 Å². The Bertz CT molecular complexity index is 1010. The summed E-state index contributed by atoms with van der Waals surface area (Å²) in [5, 5.41) is 25.4. The third-order valence-corrected chi connectivity index (χ3v) is 4.56. The third kappa shape index (κ3) is 6.76. The van der Waals surface area contributed by atoms with E-state index in [9.17, 15) is 34.0 Å². The van der Waals surface area contributed by atoms with Crippen LogP contribution in [0.15, 0.2) is 42.5 Å². The molecule has 0 heterocycles. The second-order valence-electron chi connectivity index (χ2n) is 6.94. The van der Waals surface area contributed by atoms with Gasteiger partial charge in [-0.05, 0) is 23.8 Å². The summed E-state index contributed by atoms with van der Waals surface area (Å²) < 4.78 is 18.3. The van der Waals surface area contributed by atoms with Crippen LogP contribution in [0.5, 0.6) is 5.75 Å². The fourth-order valence-corrected chi connectivity index (χ4v) is 3.04. The van der Waals surface area contributed by atoms with Crippen molar-refractivity contribution in [1.29, 1.82) is 0 Å². The predicted molar refractivity (Wildman–Crippen MR) is 111 cm³/mol. The molecule has 0 saturated carbocycles. The Morgan fingerprint density at radius 3 is 2.28 bits per heavy atom. The average molecular weight is 447 g/mol. The number of non-ortho nitro benzene ring substituents is 1. The van der Waals surface area contributed by atoms with Crippen LogP contribution in [0, 0.1) is 15.9 Å². The molecule has 0 radical (unpaired) electrons. The normalized spacial score (nSPS) is 12.3. The van der Waals surface area contributed by atoms with Crippen molar-refractivity contribution in [3.05, 3.63) is 69.5 Å². The number of carbonyl (C=O) groups excluding carboxylic acids is 2. The van der Waals surface area contributed by atoms with E-state index in [4.69, 9.17) is 4.74 Å². The zero-order valence-electron chi connectivity index (χ0n) is 17.3. The van der Waals surface area contributed by atoms with Crippen LogP contribution in [0.25, 0.3) is 0 Å². The number of hydrogen-bond acceptors (Lipinski definition) is 6. The van der Waals surface area contributed by atoms with Gasteiger partial charge in [0, 0.05) is 37.5 Å². The fraction of sp³-hybridized carbons (Fsp3) is 0.286. The van der Waals surface area contributed by atoms with E-state index in [1.807, 2.05) is 0 Å². The number of halogens is 1. The number of amides is 2. The predicted octanol–water partition coefficient (Wildman–Crippen LogP) is 1.60. The minimum Gasteiger partial charge on any atom is -0.496 e. The van der Waals surface area contributed by atoms with E-state index in [0.717, 1.165) is 0 Å². The molecule has 11 heteroatoms. The number of benzene rings is 2. The van der Waals surface area contributed by atoms with Gasteiger partial charge in [-0.15, -0.1) is 0 Å². The Kier molecular flexibility index (Phi) is 8.22. The van der Waals surface area contributed by atoms with Gasteiger partial charge >= 0.3 is 5.97 Å². The molecule has 3 N–H and O–H groups in total. The molecule has 2 aromatic carbocycles. The number of nitro groups is 1. The Balaban J connectivity index is 2.24. The lowest BCUT2D eigenvalue weighted by Crippen LogP contribution is -2.52. The second kappa shape index (κ2) is 10.8. The van der Waals surface area contributed by atoms with Crippen molar-refractivity contribution in [3.8, 4) is 5.75 Å². The van der Waals surface area contributed by atoms with Gasteiger partial charge in [-0.1, -0.05) is 12.1 Å². The quantitative estimate of drug-likeness (QED) is 0.370. The summed E-state index contributed by atoms with van der Waals surface area (Å²) in [4.78, 5) is 46.5. The molecule has 0 aliphatic carbocycles. The van der Waals surface area contributed by atoms with Crippen LogP contribution in [-0.2, 0) is 27.2 Å². The molecule has 0 aromatic heterocycles. The number of hydrogen-bond donors (Lipinski definition) is 3. The second-order valence-corrected chi connectivity index (χ2v) is 6.94. The number of carboxylic acids is 1. The van der Waals surface area contributed by atoms with Gasteiger partial charge in [0.1, 0.15) is 23.7 Å². The van der Waals surface area contributed by atoms with E-state index in [1.165, 1.54) is 56.5 Å². The molecule has 0 aliphatic heterocycles. The molecule has 0 spiro atoms. The zero-order chi connectivity index (χ0) is 23.8. The van der Waals surface area contributed by atoms with Gasteiger partial charge in [0.05, 0.1) is 12.0 Å². The Labute approximate surface area is 182 Å². The van der Waals surface area contributed by atoms with E-state index in [2.05, 4.69) is 10.6 Å². The maximum Gasteiger partial charge on any atom is 0.326 e. The standard InChI is InChI=1S/C21H22FN3O7/c1-12(26)23-17(9-13-3-5-15(22)6-4-13)20(27)24-18(21(28)29)11-14-10-16(25(30)31)7-8-19(14)32-2/h3-8,10,17-18H,9,11H2,1-2H3,(H,23,26)(H,24,27)(H,28,29)/t17-,18+/m1/s1. The van der Waals surface area contributed by atoms with Crippen molar-refractivity contribution < 1.29 is 33.5 Å². The third-order valence-electron chi connectivity index (χ3n) is 4.56. The number of aliphatic carboxylic acids is 1. The first-order valence-corrected chi connectivity index (χ1v) is 9.46. The van der Waals surface area contributed by atoms with Crippen LogP contribution in [0.4, 0.5) is 10.1 Å². The Morgan fingerprint density at radius 1 is 1.09 bits per heavy atom. The highest BCUT2D eigenvalue weighted by atomic mass is 19.1. The monoisotopic (exact) mass is 447 g/mol. The molecule has 0 bridgehead atoms. The number of ether oxygens (including phenoxy) is 1. The topological polar surface area (TPSA) is 148 Å². The molecule has 0 aliphatic rings. The molecule has 170 valence electrons. The molecular weight excluding hydrogens is 425 g/mol. The molecule has 2 amide bonds. The van der Waals surface area contributed by atoms with Gasteiger partial charge in [-0.2, -0.15) is 0 Å². The Morgan fingerprint density at radius 2 is 1.75 bits per heavy atom. The highest BCUT2D eigenvalue weighted by Gasteiger charge is 2.28. The number of nitrogens with zero attached hydrogens (tertiary/aromatic N) is 1. The first-order chi connectivity index (χ1) is 15.1. The van der Waals surface area contributed by atoms with Crippen molar-refractivity contribution >= 4 is 23.5 Å². The zero-order valence-corrected chi connectivity index (χ0v) is 17.3. The highest BCUT2D eigenvalue weighted by molar-refractivity contribution is 5.90. The molecule has 2 rings (SSSR count). The number of nitrogens with one attached hydrogen (secondary N) is 2. The molecule has 0 unspecified atom stereocenters. The van der Waals surface area contributed by atoms with Crippen molar-refractivity contribution in [2.24, 2.45) is 0 Å². The van der Waals surface area contributed by atoms with Gasteiger partial charge in [0.15, 0.2) is 0 Å². The first kappa shape index (κ1) is 24.3. The van der Waals surface area contributed by atoms with Crippen LogP contribution in [0.2, 0.25) is 0 Å². The summed E-state index contributed by atoms with van der Waals surface area (Å²) in [6.45, 7) is 1.20. The molecule has 32 heavy (non-hydrogen) atoms. The number of rotatable bonds is 10. The maximum absolute atomic E-state index is 13.1. The molecular formula is C21H22FN3O7. The number of carbonyl (C=O) groups is 3. The summed E-state index contributed by atoms with van der Waals surface area (Å²) in [6.07, 6.45) is -0.298. The van der Waals surface area contributed by atoms with Crippen LogP contribution in [-0.4, -0.2) is 47.0 Å². The maximum atomic E-state index is 13.1. The van der Waals surface area contributed by atoms with Crippen molar-refractivity contribution in [1.82, 2.24) is 10.6 Å². The van der Waals surface area contributed by atoms with Crippen LogP contribution < -0.4 is 15.4 Å². The number of nitro benzene ring substituents is 1. The minimum absolute atomic E-state index is 0.00182. The fourth-order valence-electron chi connectivity index (χ4n) is 3.04. The summed E-state index contributed by atoms with van der Waals surface area (Å²) in [5.41, 5.74) is 0.500. The summed E-state index contributed by atoms with van der Waals surface area (Å²) in [6, 6.07) is 6.44. The lowest BCUT2D eigenvalue weighted by molar-refractivity contribution is -0.384. The average Bonchev–Trinajstić information content (AvgIpc) is 2.73. The number of carboxylic acid groups (broad SMARTS) is 1. The molecule has 2 atom stereocenters. The molecule has 0 saturated heterocycles. The highest BCUT2D eigenvalue weighted by Crippen LogP contribution is 2.25. The van der Waals surface area contributed by atoms with E-state index in [-0.39, 0.29) is 29.8 Å². The summed E-state index contributed by atoms with van der Waals surface area (Å²) in [5.74, 6) is -2.91. The lowest BCUT2D eigenvalue weighted by atomic mass is 10.0. The summed E-state index contributed by atoms with van der Waals surface area (Å²) in [7, 11) is 1.33. The van der Waals surface area contributed by atoms with Gasteiger partial charge in [-0.25, -0.2) is 9.18 Å². The molecule has 10 nitrogen and oxygen atoms in total. The largest absolute Gasteiger partial charge is 0.496 e. The van der Waals surface area contributed by atoms with Crippen LogP contribution >= 0.6 is 0 Å². The van der Waals surface area contributed by atoms with E-state index >= 15 is 0 Å². The van der Waals surface area contributed by atoms with E-state index in [0.29, 0.717) is 5.56 Å². The smallest absolute Gasteiger partial charge is 0.326 e. The van der Waals surface area contributed by atoms with Crippen LogP contribution in [0.1, 0.15) is 18.1 Å². The van der Waals surface area contributed by atoms with Crippen molar-refractivity contribution in [2.45, 2.75) is 31.8 Å². The van der Waals surface area contributed by atoms with Crippen molar-refractivity contribution in [2.75, 3.05) is 7.11 Å². The SMILES string of the molecule is COc1ccc([N+](=O)[O-])cc1C[C@H](NC(=O)[C@@H](Cc1ccc(F)cc1)NC(C)=O)C(=O)O. The van der Waals surface area contributed by atoms with Crippen LogP contribution in [0.3, 0.4) is 0 Å². The molecule has 0 fully saturated rings. The Hall–Kier alpha value is -4.02. The van der Waals surface area contributed by atoms with Crippen molar-refractivity contribution in [3.63, 3.8) is 0 Å². The minimum atomic E-state index is -1.46. The van der Waals surface area contributed by atoms with Gasteiger partial charge in [0.25, 0.3) is 5.69 Å². The summed E-state index contributed by atoms with van der Waals surface area (Å²) >= 11 is 0. The lowest BCUT2D eigenvalue weighted by Gasteiger charge is -2.21.